The third-order valence-corrected chi connectivity index (χ3v) is 6.81. The van der Waals surface area contributed by atoms with E-state index in [0.717, 1.165) is 33.5 Å². The van der Waals surface area contributed by atoms with E-state index in [-0.39, 0.29) is 24.8 Å². The molecule has 0 bridgehead atoms. The first-order chi connectivity index (χ1) is 20.5. The molecule has 1 unspecified atom stereocenters. The Hall–Kier alpha value is -5.08. The maximum absolute atomic E-state index is 13.4. The molecule has 42 heavy (non-hydrogen) atoms. The Balaban J connectivity index is 1.27. The number of H-pyrrole nitrogens is 1. The van der Waals surface area contributed by atoms with Gasteiger partial charge in [0.05, 0.1) is 26.7 Å². The number of benzene rings is 4. The predicted molar refractivity (Wildman–Crippen MR) is 163 cm³/mol. The molecule has 0 saturated heterocycles. The average molecular weight is 564 g/mol. The lowest BCUT2D eigenvalue weighted by molar-refractivity contribution is -0.127. The molecule has 0 saturated carbocycles. The van der Waals surface area contributed by atoms with E-state index in [2.05, 4.69) is 15.6 Å². The monoisotopic (exact) mass is 563 g/mol. The van der Waals surface area contributed by atoms with Crippen LogP contribution >= 0.6 is 0 Å². The van der Waals surface area contributed by atoms with Gasteiger partial charge in [-0.1, -0.05) is 48.5 Å². The third kappa shape index (κ3) is 7.35. The number of nitrogens with one attached hydrogen (secondary N) is 3. The fraction of sp³-hybridized carbons (Fsp3) is 0.176. The number of para-hydroxylation sites is 1. The molecule has 8 heteroatoms. The first-order valence-electron chi connectivity index (χ1n) is 13.7. The van der Waals surface area contributed by atoms with Crippen molar-refractivity contribution < 1.29 is 23.8 Å². The summed E-state index contributed by atoms with van der Waals surface area (Å²) in [6.45, 7) is 2.24. The van der Waals surface area contributed by atoms with Crippen LogP contribution in [0.25, 0.3) is 10.9 Å². The molecule has 1 heterocycles. The topological polar surface area (TPSA) is 102 Å². The second kappa shape index (κ2) is 13.5. The number of hydrogen-bond donors (Lipinski definition) is 3. The minimum absolute atomic E-state index is 0.00234. The molecule has 1 aromatic heterocycles. The zero-order chi connectivity index (χ0) is 29.3. The number of anilines is 1. The summed E-state index contributed by atoms with van der Waals surface area (Å²) in [6, 6.07) is 31.0. The fourth-order valence-electron chi connectivity index (χ4n) is 4.63. The van der Waals surface area contributed by atoms with Gasteiger partial charge in [-0.3, -0.25) is 9.59 Å². The van der Waals surface area contributed by atoms with Gasteiger partial charge in [0.25, 0.3) is 0 Å². The number of aromatic nitrogens is 1. The number of aromatic amines is 1. The van der Waals surface area contributed by atoms with Crippen LogP contribution in [0.3, 0.4) is 0 Å². The maximum atomic E-state index is 13.4. The molecule has 8 nitrogen and oxygen atoms in total. The molecule has 0 spiro atoms. The van der Waals surface area contributed by atoms with Crippen LogP contribution in [-0.4, -0.2) is 36.6 Å². The number of methoxy groups -OCH3 is 1. The Morgan fingerprint density at radius 2 is 1.50 bits per heavy atom. The van der Waals surface area contributed by atoms with E-state index >= 15 is 0 Å². The SMILES string of the molecule is COc1ccc2[nH]c(C)c(CC(=O)NC(COCc3ccccc3)C(=O)Nc3ccc(Oc4ccccc4)cc3)c2c1. The number of carbonyl (C=O) groups is 2. The predicted octanol–water partition coefficient (Wildman–Crippen LogP) is 6.16. The van der Waals surface area contributed by atoms with Crippen molar-refractivity contribution in [1.29, 1.82) is 0 Å². The van der Waals surface area contributed by atoms with Crippen molar-refractivity contribution in [3.05, 3.63) is 120 Å². The molecule has 5 rings (SSSR count). The Morgan fingerprint density at radius 1 is 0.833 bits per heavy atom. The normalized spacial score (nSPS) is 11.6. The Morgan fingerprint density at radius 3 is 2.21 bits per heavy atom. The lowest BCUT2D eigenvalue weighted by Gasteiger charge is -2.19. The van der Waals surface area contributed by atoms with E-state index < -0.39 is 6.04 Å². The largest absolute Gasteiger partial charge is 0.497 e. The summed E-state index contributed by atoms with van der Waals surface area (Å²) >= 11 is 0. The quantitative estimate of drug-likeness (QED) is 0.169. The number of carbonyl (C=O) groups excluding carboxylic acids is 2. The van der Waals surface area contributed by atoms with E-state index in [0.29, 0.717) is 23.8 Å². The second-order valence-corrected chi connectivity index (χ2v) is 9.87. The molecule has 0 fully saturated rings. The van der Waals surface area contributed by atoms with Crippen LogP contribution < -0.4 is 20.1 Å². The first kappa shape index (κ1) is 28.4. The van der Waals surface area contributed by atoms with Gasteiger partial charge in [-0.2, -0.15) is 0 Å². The van der Waals surface area contributed by atoms with E-state index in [1.54, 1.807) is 31.4 Å². The van der Waals surface area contributed by atoms with E-state index in [1.165, 1.54) is 0 Å². The minimum Gasteiger partial charge on any atom is -0.497 e. The van der Waals surface area contributed by atoms with Gasteiger partial charge in [0.1, 0.15) is 23.3 Å². The van der Waals surface area contributed by atoms with Crippen molar-refractivity contribution >= 4 is 28.4 Å². The molecule has 0 aliphatic heterocycles. The highest BCUT2D eigenvalue weighted by molar-refractivity contribution is 5.98. The van der Waals surface area contributed by atoms with Gasteiger partial charge in [-0.25, -0.2) is 0 Å². The van der Waals surface area contributed by atoms with Gasteiger partial charge in [-0.05, 0) is 72.6 Å². The summed E-state index contributed by atoms with van der Waals surface area (Å²) in [5.41, 5.74) is 4.19. The fourth-order valence-corrected chi connectivity index (χ4v) is 4.63. The summed E-state index contributed by atoms with van der Waals surface area (Å²) in [5, 5.41) is 6.67. The van der Waals surface area contributed by atoms with Crippen LogP contribution in [0.4, 0.5) is 5.69 Å². The van der Waals surface area contributed by atoms with Crippen LogP contribution in [0.2, 0.25) is 0 Å². The first-order valence-corrected chi connectivity index (χ1v) is 13.7. The number of fused-ring (bicyclic) bond motifs is 1. The molecule has 214 valence electrons. The summed E-state index contributed by atoms with van der Waals surface area (Å²) in [4.78, 5) is 30.0. The number of amides is 2. The number of hydrogen-bond acceptors (Lipinski definition) is 5. The van der Waals surface area contributed by atoms with Crippen LogP contribution in [0.1, 0.15) is 16.8 Å². The van der Waals surface area contributed by atoms with Crippen LogP contribution in [0.15, 0.2) is 103 Å². The highest BCUT2D eigenvalue weighted by atomic mass is 16.5. The van der Waals surface area contributed by atoms with Crippen molar-refractivity contribution in [2.24, 2.45) is 0 Å². The van der Waals surface area contributed by atoms with Crippen molar-refractivity contribution in [1.82, 2.24) is 10.3 Å². The Labute approximate surface area is 244 Å². The molecular formula is C34H33N3O5. The van der Waals surface area contributed by atoms with E-state index in [9.17, 15) is 9.59 Å². The Kier molecular flexibility index (Phi) is 9.16. The van der Waals surface area contributed by atoms with Gasteiger partial charge < -0.3 is 29.8 Å². The van der Waals surface area contributed by atoms with E-state index in [1.807, 2.05) is 85.8 Å². The van der Waals surface area contributed by atoms with E-state index in [4.69, 9.17) is 14.2 Å². The summed E-state index contributed by atoms with van der Waals surface area (Å²) in [7, 11) is 1.61. The van der Waals surface area contributed by atoms with Crippen LogP contribution in [0, 0.1) is 6.92 Å². The van der Waals surface area contributed by atoms with Gasteiger partial charge in [0, 0.05) is 22.3 Å². The molecule has 2 amide bonds. The smallest absolute Gasteiger partial charge is 0.249 e. The zero-order valence-electron chi connectivity index (χ0n) is 23.6. The number of ether oxygens (including phenoxy) is 3. The lowest BCUT2D eigenvalue weighted by atomic mass is 10.1. The van der Waals surface area contributed by atoms with Gasteiger partial charge in [0.2, 0.25) is 11.8 Å². The molecule has 0 radical (unpaired) electrons. The molecule has 5 aromatic rings. The lowest BCUT2D eigenvalue weighted by Crippen LogP contribution is -2.47. The van der Waals surface area contributed by atoms with Crippen LogP contribution in [-0.2, 0) is 27.4 Å². The van der Waals surface area contributed by atoms with Gasteiger partial charge in [-0.15, -0.1) is 0 Å². The third-order valence-electron chi connectivity index (χ3n) is 6.81. The van der Waals surface area contributed by atoms with Gasteiger partial charge >= 0.3 is 0 Å². The molecule has 0 aliphatic carbocycles. The molecular weight excluding hydrogens is 530 g/mol. The van der Waals surface area contributed by atoms with Crippen molar-refractivity contribution in [2.75, 3.05) is 19.0 Å². The average Bonchev–Trinajstić information content (AvgIpc) is 3.32. The highest BCUT2D eigenvalue weighted by Crippen LogP contribution is 2.27. The van der Waals surface area contributed by atoms with Crippen LogP contribution in [0.5, 0.6) is 17.2 Å². The standard InChI is InChI=1S/C34H33N3O5/c1-23-29(30-19-28(40-2)17-18-31(30)35-23)20-33(38)37-32(22-41-21-24-9-5-3-6-10-24)34(39)36-25-13-15-27(16-14-25)42-26-11-7-4-8-12-26/h3-19,32,35H,20-22H2,1-2H3,(H,36,39)(H,37,38). The number of aryl methyl sites for hydroxylation is 1. The summed E-state index contributed by atoms with van der Waals surface area (Å²) in [6.07, 6.45) is 0.0903. The zero-order valence-corrected chi connectivity index (χ0v) is 23.6. The van der Waals surface area contributed by atoms with Crippen molar-refractivity contribution in [3.8, 4) is 17.2 Å². The maximum Gasteiger partial charge on any atom is 0.249 e. The molecule has 1 atom stereocenters. The molecule has 0 aliphatic rings. The summed E-state index contributed by atoms with van der Waals surface area (Å²) in [5.74, 6) is 1.38. The summed E-state index contributed by atoms with van der Waals surface area (Å²) < 4.78 is 17.1. The minimum atomic E-state index is -0.915. The van der Waals surface area contributed by atoms with Crippen molar-refractivity contribution in [2.45, 2.75) is 26.0 Å². The molecule has 3 N–H and O–H groups in total. The second-order valence-electron chi connectivity index (χ2n) is 9.87. The number of rotatable bonds is 12. The molecule has 4 aromatic carbocycles. The van der Waals surface area contributed by atoms with Gasteiger partial charge in [0.15, 0.2) is 0 Å². The highest BCUT2D eigenvalue weighted by Gasteiger charge is 2.23. The van der Waals surface area contributed by atoms with Crippen molar-refractivity contribution in [3.63, 3.8) is 0 Å². The Bertz CT molecular complexity index is 1630.